The van der Waals surface area contributed by atoms with Gasteiger partial charge in [-0.05, 0) is 18.6 Å². The lowest BCUT2D eigenvalue weighted by Gasteiger charge is -1.90. The molecular weight excluding hydrogens is 190 g/mol. The van der Waals surface area contributed by atoms with Gasteiger partial charge in [-0.15, -0.1) is 11.3 Å². The lowest BCUT2D eigenvalue weighted by atomic mass is 10.2. The number of benzene rings is 1. The average Bonchev–Trinajstić information content (AvgIpc) is 2.73. The lowest BCUT2D eigenvalue weighted by Crippen LogP contribution is -1.70. The summed E-state index contributed by atoms with van der Waals surface area (Å²) in [6.45, 7) is 10.1. The van der Waals surface area contributed by atoms with Crippen molar-refractivity contribution in [2.45, 2.75) is 34.6 Å². The molecule has 0 atom stereocenters. The lowest BCUT2D eigenvalue weighted by molar-refractivity contribution is 1.48. The third-order valence-corrected chi connectivity index (χ3v) is 2.53. The fraction of sp³-hybridized carbons (Fsp3) is 0.417. The summed E-state index contributed by atoms with van der Waals surface area (Å²) < 4.78 is 1.31. The molecule has 2 rings (SSSR count). The first kappa shape index (κ1) is 13.1. The van der Waals surface area contributed by atoms with Crippen LogP contribution in [0, 0.1) is 6.92 Å². The molecule has 1 heterocycles. The van der Waals surface area contributed by atoms with Crippen LogP contribution in [0.3, 0.4) is 0 Å². The smallest absolute Gasteiger partial charge is 0.0814 e. The van der Waals surface area contributed by atoms with Crippen LogP contribution in [0.5, 0.6) is 0 Å². The highest BCUT2D eigenvalue weighted by Crippen LogP contribution is 2.20. The molecule has 0 saturated carbocycles. The highest BCUT2D eigenvalue weighted by Gasteiger charge is 1.96. The Kier molecular flexibility index (Phi) is 7.03. The van der Waals surface area contributed by atoms with Gasteiger partial charge in [-0.1, -0.05) is 39.8 Å². The molecule has 2 aromatic rings. The first-order valence-corrected chi connectivity index (χ1v) is 6.05. The van der Waals surface area contributed by atoms with Crippen molar-refractivity contribution in [1.82, 2.24) is 4.98 Å². The van der Waals surface area contributed by atoms with Gasteiger partial charge in [0.05, 0.1) is 15.7 Å². The van der Waals surface area contributed by atoms with Gasteiger partial charge in [0.25, 0.3) is 0 Å². The number of nitrogens with zero attached hydrogens (tertiary/aromatic N) is 1. The highest BCUT2D eigenvalue weighted by atomic mass is 32.1. The molecule has 0 N–H and O–H groups in total. The van der Waals surface area contributed by atoms with E-state index < -0.39 is 0 Å². The van der Waals surface area contributed by atoms with E-state index in [0.717, 1.165) is 5.52 Å². The van der Waals surface area contributed by atoms with E-state index in [2.05, 4.69) is 18.0 Å². The molecule has 2 heteroatoms. The van der Waals surface area contributed by atoms with Crippen LogP contribution in [-0.4, -0.2) is 4.98 Å². The predicted octanol–water partition coefficient (Wildman–Crippen LogP) is 4.66. The van der Waals surface area contributed by atoms with E-state index in [1.54, 1.807) is 11.3 Å². The predicted molar refractivity (Wildman–Crippen MR) is 67.1 cm³/mol. The molecule has 0 bridgehead atoms. The van der Waals surface area contributed by atoms with Gasteiger partial charge in [-0.3, -0.25) is 0 Å². The molecule has 78 valence electrons. The zero-order valence-corrected chi connectivity index (χ0v) is 10.5. The van der Waals surface area contributed by atoms with Crippen molar-refractivity contribution >= 4 is 21.6 Å². The van der Waals surface area contributed by atoms with Crippen molar-refractivity contribution in [3.8, 4) is 0 Å². The van der Waals surface area contributed by atoms with Crippen LogP contribution in [0.2, 0.25) is 0 Å². The highest BCUT2D eigenvalue weighted by molar-refractivity contribution is 7.16. The van der Waals surface area contributed by atoms with Crippen LogP contribution < -0.4 is 0 Å². The minimum absolute atomic E-state index is 1.12. The maximum atomic E-state index is 4.20. The monoisotopic (exact) mass is 209 g/mol. The van der Waals surface area contributed by atoms with Gasteiger partial charge in [0.15, 0.2) is 0 Å². The third-order valence-electron chi connectivity index (χ3n) is 1.55. The van der Waals surface area contributed by atoms with Crippen molar-refractivity contribution in [1.29, 1.82) is 0 Å². The summed E-state index contributed by atoms with van der Waals surface area (Å²) >= 11 is 1.70. The Bertz CT molecular complexity index is 352. The number of hydrogen-bond acceptors (Lipinski definition) is 2. The van der Waals surface area contributed by atoms with Crippen LogP contribution in [0.4, 0.5) is 0 Å². The van der Waals surface area contributed by atoms with Gasteiger partial charge in [-0.25, -0.2) is 4.98 Å². The first-order valence-electron chi connectivity index (χ1n) is 5.17. The van der Waals surface area contributed by atoms with Crippen LogP contribution in [0.15, 0.2) is 23.7 Å². The summed E-state index contributed by atoms with van der Waals surface area (Å²) in [6, 6.07) is 6.19. The fourth-order valence-electron chi connectivity index (χ4n) is 1.03. The fourth-order valence-corrected chi connectivity index (χ4v) is 1.79. The topological polar surface area (TPSA) is 12.9 Å². The van der Waals surface area contributed by atoms with E-state index in [-0.39, 0.29) is 0 Å². The van der Waals surface area contributed by atoms with Crippen molar-refractivity contribution < 1.29 is 0 Å². The van der Waals surface area contributed by atoms with Crippen molar-refractivity contribution in [3.63, 3.8) is 0 Å². The molecule has 0 saturated heterocycles. The Balaban J connectivity index is 0.000000379. The first-order chi connectivity index (χ1) is 6.88. The maximum Gasteiger partial charge on any atom is 0.0814 e. The van der Waals surface area contributed by atoms with Crippen molar-refractivity contribution in [2.24, 2.45) is 0 Å². The minimum Gasteiger partial charge on any atom is -0.245 e. The average molecular weight is 209 g/mol. The van der Waals surface area contributed by atoms with E-state index in [9.17, 15) is 0 Å². The van der Waals surface area contributed by atoms with Crippen LogP contribution in [0.1, 0.15) is 33.3 Å². The van der Waals surface area contributed by atoms with Crippen LogP contribution >= 0.6 is 11.3 Å². The Labute approximate surface area is 90.8 Å². The zero-order valence-electron chi connectivity index (χ0n) is 9.66. The normalized spacial score (nSPS) is 8.36. The van der Waals surface area contributed by atoms with Crippen LogP contribution in [-0.2, 0) is 0 Å². The molecule has 0 unspecified atom stereocenters. The summed E-state index contributed by atoms with van der Waals surface area (Å²) in [5, 5.41) is 0. The number of fused-ring (bicyclic) bond motifs is 1. The van der Waals surface area contributed by atoms with Gasteiger partial charge in [0.1, 0.15) is 0 Å². The number of hydrogen-bond donors (Lipinski definition) is 0. The van der Waals surface area contributed by atoms with E-state index >= 15 is 0 Å². The molecule has 0 radical (unpaired) electrons. The van der Waals surface area contributed by atoms with E-state index in [1.807, 2.05) is 45.3 Å². The molecule has 0 amide bonds. The second kappa shape index (κ2) is 7.51. The Morgan fingerprint density at radius 1 is 1.07 bits per heavy atom. The van der Waals surface area contributed by atoms with E-state index in [0.29, 0.717) is 0 Å². The summed E-state index contributed by atoms with van der Waals surface area (Å²) in [6.07, 6.45) is 0. The van der Waals surface area contributed by atoms with E-state index in [4.69, 9.17) is 0 Å². The second-order valence-electron chi connectivity index (χ2n) is 2.28. The summed E-state index contributed by atoms with van der Waals surface area (Å²) in [7, 11) is 0. The SMILES string of the molecule is CC.CC.Cc1cccc2ncsc12. The standard InChI is InChI=1S/C8H7NS.2C2H6/c1-6-3-2-4-7-8(6)10-5-9-7;2*1-2/h2-5H,1H3;2*1-2H3. The molecule has 1 aromatic carbocycles. The maximum absolute atomic E-state index is 4.20. The molecule has 0 fully saturated rings. The second-order valence-corrected chi connectivity index (χ2v) is 3.13. The summed E-state index contributed by atoms with van der Waals surface area (Å²) in [5.74, 6) is 0. The zero-order chi connectivity index (χ0) is 11.0. The molecule has 0 aliphatic carbocycles. The van der Waals surface area contributed by atoms with Crippen molar-refractivity contribution in [2.75, 3.05) is 0 Å². The van der Waals surface area contributed by atoms with Gasteiger partial charge in [-0.2, -0.15) is 0 Å². The van der Waals surface area contributed by atoms with Gasteiger partial charge in [0.2, 0.25) is 0 Å². The third kappa shape index (κ3) is 3.11. The Morgan fingerprint density at radius 3 is 2.29 bits per heavy atom. The quantitative estimate of drug-likeness (QED) is 0.615. The van der Waals surface area contributed by atoms with Crippen molar-refractivity contribution in [3.05, 3.63) is 29.3 Å². The van der Waals surface area contributed by atoms with Gasteiger partial charge < -0.3 is 0 Å². The number of thiazole rings is 1. The molecule has 1 nitrogen and oxygen atoms in total. The summed E-state index contributed by atoms with van der Waals surface area (Å²) in [4.78, 5) is 4.20. The molecular formula is C12H19NS. The van der Waals surface area contributed by atoms with E-state index in [1.165, 1.54) is 10.3 Å². The molecule has 0 aliphatic heterocycles. The number of aromatic nitrogens is 1. The Morgan fingerprint density at radius 2 is 1.71 bits per heavy atom. The Hall–Kier alpha value is -0.890. The van der Waals surface area contributed by atoms with Crippen LogP contribution in [0.25, 0.3) is 10.2 Å². The number of rotatable bonds is 0. The summed E-state index contributed by atoms with van der Waals surface area (Å²) in [5.41, 5.74) is 4.32. The molecule has 1 aromatic heterocycles. The molecule has 14 heavy (non-hydrogen) atoms. The van der Waals surface area contributed by atoms with Gasteiger partial charge >= 0.3 is 0 Å². The van der Waals surface area contributed by atoms with Gasteiger partial charge in [0, 0.05) is 0 Å². The largest absolute Gasteiger partial charge is 0.245 e. The number of aryl methyl sites for hydroxylation is 1. The minimum atomic E-state index is 1.12. The molecule has 0 spiro atoms. The molecule has 0 aliphatic rings.